The van der Waals surface area contributed by atoms with E-state index >= 15 is 0 Å². The van der Waals surface area contributed by atoms with Gasteiger partial charge in [0.05, 0.1) is 16.8 Å². The van der Waals surface area contributed by atoms with Crippen molar-refractivity contribution in [1.29, 1.82) is 0 Å². The molecule has 2 aromatic carbocycles. The molecule has 1 aliphatic rings. The third kappa shape index (κ3) is 4.42. The number of halogens is 1. The van der Waals surface area contributed by atoms with Gasteiger partial charge in [0.25, 0.3) is 0 Å². The highest BCUT2D eigenvalue weighted by Crippen LogP contribution is 2.22. The number of benzene rings is 2. The van der Waals surface area contributed by atoms with Gasteiger partial charge < -0.3 is 21.3 Å². The van der Waals surface area contributed by atoms with Gasteiger partial charge in [-0.3, -0.25) is 4.79 Å². The summed E-state index contributed by atoms with van der Waals surface area (Å²) in [5.74, 6) is 0.0321. The second kappa shape index (κ2) is 7.44. The molecule has 0 radical (unpaired) electrons. The molecule has 0 bridgehead atoms. The molecule has 25 heavy (non-hydrogen) atoms. The SMILES string of the molecule is Nc1ccc(NC(=O)NC2CC(=O)N(Cc3ccccc3)C2)cc1Cl. The lowest BCUT2D eigenvalue weighted by Crippen LogP contribution is -2.39. The maximum absolute atomic E-state index is 12.1. The van der Waals surface area contributed by atoms with Gasteiger partial charge in [-0.2, -0.15) is 0 Å². The number of rotatable bonds is 4. The van der Waals surface area contributed by atoms with E-state index in [4.69, 9.17) is 17.3 Å². The first kappa shape index (κ1) is 17.1. The van der Waals surface area contributed by atoms with Crippen LogP contribution < -0.4 is 16.4 Å². The lowest BCUT2D eigenvalue weighted by Gasteiger charge is -2.17. The van der Waals surface area contributed by atoms with Gasteiger partial charge in [-0.05, 0) is 23.8 Å². The normalized spacial score (nSPS) is 16.8. The minimum atomic E-state index is -0.375. The molecule has 1 unspecified atom stereocenters. The van der Waals surface area contributed by atoms with Crippen LogP contribution in [0.2, 0.25) is 5.02 Å². The molecule has 7 heteroatoms. The van der Waals surface area contributed by atoms with E-state index < -0.39 is 0 Å². The number of hydrogen-bond donors (Lipinski definition) is 3. The molecule has 1 atom stereocenters. The van der Waals surface area contributed by atoms with E-state index in [9.17, 15) is 9.59 Å². The van der Waals surface area contributed by atoms with E-state index in [1.54, 1.807) is 23.1 Å². The minimum Gasteiger partial charge on any atom is -0.398 e. The first-order valence-corrected chi connectivity index (χ1v) is 8.33. The summed E-state index contributed by atoms with van der Waals surface area (Å²) in [5.41, 5.74) is 7.70. The number of anilines is 2. The van der Waals surface area contributed by atoms with E-state index in [0.29, 0.717) is 35.9 Å². The number of carbonyl (C=O) groups is 2. The van der Waals surface area contributed by atoms with Crippen molar-refractivity contribution in [2.75, 3.05) is 17.6 Å². The molecule has 1 fully saturated rings. The summed E-state index contributed by atoms with van der Waals surface area (Å²) in [5, 5.41) is 5.89. The molecule has 3 amide bonds. The fourth-order valence-electron chi connectivity index (χ4n) is 2.78. The third-order valence-corrected chi connectivity index (χ3v) is 4.35. The van der Waals surface area contributed by atoms with Crippen LogP contribution in [0.25, 0.3) is 0 Å². The number of urea groups is 1. The Labute approximate surface area is 150 Å². The Hall–Kier alpha value is -2.73. The molecule has 0 aliphatic carbocycles. The predicted molar refractivity (Wildman–Crippen MR) is 98.3 cm³/mol. The molecule has 4 N–H and O–H groups in total. The van der Waals surface area contributed by atoms with Crippen LogP contribution in [0.3, 0.4) is 0 Å². The second-order valence-corrected chi connectivity index (χ2v) is 6.40. The van der Waals surface area contributed by atoms with E-state index in [-0.39, 0.29) is 18.0 Å². The maximum atomic E-state index is 12.1. The quantitative estimate of drug-likeness (QED) is 0.734. The van der Waals surface area contributed by atoms with Crippen molar-refractivity contribution in [2.45, 2.75) is 19.0 Å². The number of carbonyl (C=O) groups excluding carboxylic acids is 2. The highest BCUT2D eigenvalue weighted by atomic mass is 35.5. The van der Waals surface area contributed by atoms with Crippen molar-refractivity contribution in [3.8, 4) is 0 Å². The summed E-state index contributed by atoms with van der Waals surface area (Å²) >= 11 is 5.93. The number of nitrogens with zero attached hydrogens (tertiary/aromatic N) is 1. The number of likely N-dealkylation sites (tertiary alicyclic amines) is 1. The average Bonchev–Trinajstić information content (AvgIpc) is 2.91. The summed E-state index contributed by atoms with van der Waals surface area (Å²) < 4.78 is 0. The lowest BCUT2D eigenvalue weighted by atomic mass is 10.2. The molecule has 0 saturated carbocycles. The van der Waals surface area contributed by atoms with Crippen molar-refractivity contribution in [2.24, 2.45) is 0 Å². The Morgan fingerprint density at radius 2 is 2.00 bits per heavy atom. The molecule has 1 saturated heterocycles. The minimum absolute atomic E-state index is 0.0321. The highest BCUT2D eigenvalue weighted by molar-refractivity contribution is 6.33. The summed E-state index contributed by atoms with van der Waals surface area (Å²) in [4.78, 5) is 26.0. The van der Waals surface area contributed by atoms with Gasteiger partial charge in [0.2, 0.25) is 5.91 Å². The standard InChI is InChI=1S/C18H19ClN4O2/c19-15-8-13(6-7-16(15)20)21-18(25)22-14-9-17(24)23(11-14)10-12-4-2-1-3-5-12/h1-8,14H,9-11,20H2,(H2,21,22,25). The monoisotopic (exact) mass is 358 g/mol. The summed E-state index contributed by atoms with van der Waals surface area (Å²) in [6.45, 7) is 1.04. The molecule has 0 aromatic heterocycles. The zero-order valence-electron chi connectivity index (χ0n) is 13.5. The molecule has 1 heterocycles. The molecular formula is C18H19ClN4O2. The Morgan fingerprint density at radius 3 is 2.72 bits per heavy atom. The van der Waals surface area contributed by atoms with Crippen LogP contribution in [0.4, 0.5) is 16.2 Å². The summed E-state index contributed by atoms with van der Waals surface area (Å²) in [6, 6.07) is 14.1. The zero-order chi connectivity index (χ0) is 17.8. The second-order valence-electron chi connectivity index (χ2n) is 6.00. The van der Waals surface area contributed by atoms with Gasteiger partial charge in [0.15, 0.2) is 0 Å². The zero-order valence-corrected chi connectivity index (χ0v) is 14.3. The van der Waals surface area contributed by atoms with Crippen LogP contribution in [-0.4, -0.2) is 29.4 Å². The highest BCUT2D eigenvalue weighted by Gasteiger charge is 2.30. The van der Waals surface area contributed by atoms with Crippen molar-refractivity contribution in [3.05, 3.63) is 59.1 Å². The van der Waals surface area contributed by atoms with Crippen molar-refractivity contribution >= 4 is 34.9 Å². The fourth-order valence-corrected chi connectivity index (χ4v) is 2.96. The molecular weight excluding hydrogens is 340 g/mol. The maximum Gasteiger partial charge on any atom is 0.319 e. The Balaban J connectivity index is 1.54. The van der Waals surface area contributed by atoms with Crippen LogP contribution in [0.15, 0.2) is 48.5 Å². The van der Waals surface area contributed by atoms with Crippen LogP contribution in [-0.2, 0) is 11.3 Å². The Morgan fingerprint density at radius 1 is 1.24 bits per heavy atom. The first-order valence-electron chi connectivity index (χ1n) is 7.95. The van der Waals surface area contributed by atoms with Crippen LogP contribution in [0.5, 0.6) is 0 Å². The molecule has 1 aliphatic heterocycles. The fraction of sp³-hybridized carbons (Fsp3) is 0.222. The van der Waals surface area contributed by atoms with Gasteiger partial charge in [-0.25, -0.2) is 4.79 Å². The molecule has 3 rings (SSSR count). The van der Waals surface area contributed by atoms with E-state index in [2.05, 4.69) is 10.6 Å². The lowest BCUT2D eigenvalue weighted by molar-refractivity contribution is -0.128. The van der Waals surface area contributed by atoms with Gasteiger partial charge in [0.1, 0.15) is 0 Å². The van der Waals surface area contributed by atoms with Gasteiger partial charge >= 0.3 is 6.03 Å². The number of nitrogens with one attached hydrogen (secondary N) is 2. The molecule has 0 spiro atoms. The molecule has 130 valence electrons. The van der Waals surface area contributed by atoms with E-state index in [1.807, 2.05) is 30.3 Å². The number of hydrogen-bond acceptors (Lipinski definition) is 3. The van der Waals surface area contributed by atoms with Gasteiger partial charge in [0, 0.05) is 25.2 Å². The number of nitrogen functional groups attached to an aromatic ring is 1. The topological polar surface area (TPSA) is 87.5 Å². The van der Waals surface area contributed by atoms with E-state index in [0.717, 1.165) is 5.56 Å². The Kier molecular flexibility index (Phi) is 5.09. The summed E-state index contributed by atoms with van der Waals surface area (Å²) in [6.07, 6.45) is 0.294. The van der Waals surface area contributed by atoms with Crippen LogP contribution >= 0.6 is 11.6 Å². The third-order valence-electron chi connectivity index (χ3n) is 4.02. The van der Waals surface area contributed by atoms with Crippen molar-refractivity contribution in [1.82, 2.24) is 10.2 Å². The largest absolute Gasteiger partial charge is 0.398 e. The molecule has 6 nitrogen and oxygen atoms in total. The average molecular weight is 359 g/mol. The van der Waals surface area contributed by atoms with Gasteiger partial charge in [-0.15, -0.1) is 0 Å². The number of nitrogens with two attached hydrogens (primary N) is 1. The smallest absolute Gasteiger partial charge is 0.319 e. The van der Waals surface area contributed by atoms with E-state index in [1.165, 1.54) is 0 Å². The Bertz CT molecular complexity index is 782. The van der Waals surface area contributed by atoms with Crippen molar-refractivity contribution in [3.63, 3.8) is 0 Å². The predicted octanol–water partition coefficient (Wildman–Crippen LogP) is 2.84. The van der Waals surface area contributed by atoms with Crippen LogP contribution in [0, 0.1) is 0 Å². The molecule has 2 aromatic rings. The first-order chi connectivity index (χ1) is 12.0. The van der Waals surface area contributed by atoms with Gasteiger partial charge in [-0.1, -0.05) is 41.9 Å². The summed E-state index contributed by atoms with van der Waals surface area (Å²) in [7, 11) is 0. The van der Waals surface area contributed by atoms with Crippen molar-refractivity contribution < 1.29 is 9.59 Å². The number of amides is 3. The van der Waals surface area contributed by atoms with Crippen LogP contribution in [0.1, 0.15) is 12.0 Å².